The van der Waals surface area contributed by atoms with Gasteiger partial charge in [0.2, 0.25) is 0 Å². The molecule has 1 atom stereocenters. The molecule has 0 aliphatic rings. The minimum atomic E-state index is -0.654. The van der Waals surface area contributed by atoms with Crippen molar-refractivity contribution in [1.82, 2.24) is 0 Å². The molecule has 0 heterocycles. The Labute approximate surface area is 405 Å². The average Bonchev–Trinajstić information content (AvgIpc) is 3.24. The Hall–Kier alpha value is -1.67. The molecule has 0 aliphatic heterocycles. The van der Waals surface area contributed by atoms with Gasteiger partial charge in [-0.3, -0.25) is 14.4 Å². The highest BCUT2D eigenvalue weighted by atomic mass is 16.4. The van der Waals surface area contributed by atoms with Crippen LogP contribution in [-0.2, 0) is 14.4 Å². The maximum absolute atomic E-state index is 10.3. The minimum absolute atomic E-state index is 0.139. The number of aliphatic hydroxyl groups excluding tert-OH is 2. The van der Waals surface area contributed by atoms with Gasteiger partial charge in [0.05, 0.1) is 12.7 Å². The lowest BCUT2D eigenvalue weighted by Crippen LogP contribution is -2.03. The summed E-state index contributed by atoms with van der Waals surface area (Å²) in [5.41, 5.74) is 0. The zero-order valence-electron chi connectivity index (χ0n) is 44.7. The lowest BCUT2D eigenvalue weighted by atomic mass is 10.0. The SMILES string of the molecule is CC(C)CCCCCCCCCCCCCCC(=O)O.CC(C)CCCCCCCCCCCCCCC(=O)O.CC(C)CCCCCCCCCCCCCCC(=O)O.CC(O)CO. The van der Waals surface area contributed by atoms with Crippen molar-refractivity contribution in [2.24, 2.45) is 17.8 Å². The number of carboxylic acids is 3. The van der Waals surface area contributed by atoms with Crippen LogP contribution < -0.4 is 0 Å². The number of rotatable bonds is 46. The molecule has 0 amide bonds. The van der Waals surface area contributed by atoms with E-state index in [9.17, 15) is 14.4 Å². The van der Waals surface area contributed by atoms with Gasteiger partial charge in [-0.15, -0.1) is 0 Å². The van der Waals surface area contributed by atoms with Gasteiger partial charge in [-0.25, -0.2) is 0 Å². The number of carbonyl (C=O) groups is 3. The van der Waals surface area contributed by atoms with E-state index in [-0.39, 0.29) is 6.61 Å². The van der Waals surface area contributed by atoms with Crippen LogP contribution in [0.2, 0.25) is 0 Å². The van der Waals surface area contributed by atoms with Crippen LogP contribution in [0.3, 0.4) is 0 Å². The molecule has 0 spiro atoms. The smallest absolute Gasteiger partial charge is 0.303 e. The molecule has 0 bridgehead atoms. The maximum atomic E-state index is 10.3. The van der Waals surface area contributed by atoms with E-state index in [2.05, 4.69) is 41.5 Å². The lowest BCUT2D eigenvalue weighted by Gasteiger charge is -2.04. The van der Waals surface area contributed by atoms with Crippen molar-refractivity contribution in [3.05, 3.63) is 0 Å². The van der Waals surface area contributed by atoms with Gasteiger partial charge in [-0.2, -0.15) is 0 Å². The maximum Gasteiger partial charge on any atom is 0.303 e. The Kier molecular flexibility index (Phi) is 64.9. The highest BCUT2D eigenvalue weighted by Crippen LogP contribution is 2.17. The number of aliphatic hydroxyl groups is 2. The van der Waals surface area contributed by atoms with Crippen LogP contribution in [0, 0.1) is 17.8 Å². The van der Waals surface area contributed by atoms with Crippen LogP contribution in [0.5, 0.6) is 0 Å². The fraction of sp³-hybridized carbons (Fsp3) is 0.947. The van der Waals surface area contributed by atoms with Gasteiger partial charge in [0, 0.05) is 19.3 Å². The molecule has 0 aromatic carbocycles. The van der Waals surface area contributed by atoms with E-state index in [1.54, 1.807) is 0 Å². The van der Waals surface area contributed by atoms with Gasteiger partial charge in [-0.05, 0) is 43.9 Å². The average molecular weight is 930 g/mol. The van der Waals surface area contributed by atoms with E-state index in [1.165, 1.54) is 219 Å². The number of hydrogen-bond acceptors (Lipinski definition) is 5. The molecular formula is C57H116O8. The normalized spacial score (nSPS) is 11.4. The summed E-state index contributed by atoms with van der Waals surface area (Å²) in [4.78, 5) is 31.0. The van der Waals surface area contributed by atoms with Gasteiger partial charge in [-0.1, -0.05) is 273 Å². The second kappa shape index (κ2) is 60.3. The highest BCUT2D eigenvalue weighted by molar-refractivity contribution is 5.67. The molecular weight excluding hydrogens is 813 g/mol. The molecule has 0 saturated heterocycles. The zero-order chi connectivity index (χ0) is 49.4. The molecule has 5 N–H and O–H groups in total. The fourth-order valence-electron chi connectivity index (χ4n) is 7.79. The zero-order valence-corrected chi connectivity index (χ0v) is 44.7. The first kappa shape index (κ1) is 69.9. The van der Waals surface area contributed by atoms with E-state index < -0.39 is 24.0 Å². The quantitative estimate of drug-likeness (QED) is 0.0378. The fourth-order valence-corrected chi connectivity index (χ4v) is 7.79. The van der Waals surface area contributed by atoms with Crippen molar-refractivity contribution in [2.45, 2.75) is 324 Å². The number of hydrogen-bond donors (Lipinski definition) is 5. The minimum Gasteiger partial charge on any atom is -0.481 e. The third kappa shape index (κ3) is 86.1. The van der Waals surface area contributed by atoms with Crippen LogP contribution in [0.4, 0.5) is 0 Å². The topological polar surface area (TPSA) is 152 Å². The van der Waals surface area contributed by atoms with Gasteiger partial charge < -0.3 is 25.5 Å². The summed E-state index contributed by atoms with van der Waals surface area (Å²) in [6.45, 7) is 15.2. The third-order valence-electron chi connectivity index (χ3n) is 12.0. The molecule has 0 radical (unpaired) electrons. The van der Waals surface area contributed by atoms with Crippen LogP contribution in [0.25, 0.3) is 0 Å². The Bertz CT molecular complexity index is 809. The molecule has 0 aliphatic carbocycles. The third-order valence-corrected chi connectivity index (χ3v) is 12.0. The second-order valence-electron chi connectivity index (χ2n) is 20.7. The van der Waals surface area contributed by atoms with Gasteiger partial charge in [0.25, 0.3) is 0 Å². The first-order chi connectivity index (χ1) is 31.1. The van der Waals surface area contributed by atoms with E-state index >= 15 is 0 Å². The van der Waals surface area contributed by atoms with Crippen molar-refractivity contribution in [3.8, 4) is 0 Å². The summed E-state index contributed by atoms with van der Waals surface area (Å²) in [5, 5.41) is 41.6. The van der Waals surface area contributed by atoms with E-state index in [4.69, 9.17) is 25.5 Å². The van der Waals surface area contributed by atoms with Crippen molar-refractivity contribution >= 4 is 17.9 Å². The van der Waals surface area contributed by atoms with E-state index in [0.717, 1.165) is 56.3 Å². The van der Waals surface area contributed by atoms with Gasteiger partial charge >= 0.3 is 17.9 Å². The van der Waals surface area contributed by atoms with E-state index in [0.29, 0.717) is 19.3 Å². The summed E-state index contributed by atoms with van der Waals surface area (Å²) in [5.74, 6) is 0.636. The molecule has 1 unspecified atom stereocenters. The Morgan fingerprint density at radius 3 is 0.508 bits per heavy atom. The largest absolute Gasteiger partial charge is 0.481 e. The van der Waals surface area contributed by atoms with Crippen LogP contribution in [-0.4, -0.2) is 56.2 Å². The van der Waals surface area contributed by atoms with Crippen molar-refractivity contribution in [1.29, 1.82) is 0 Å². The standard InChI is InChI=1S/3C18H36O2.C3H8O2/c3*1-17(2)15-13-11-9-7-5-3-4-6-8-10-12-14-16-18(19)20;1-3(5)2-4/h3*17H,3-16H2,1-2H3,(H,19,20);3-5H,2H2,1H3. The van der Waals surface area contributed by atoms with Crippen molar-refractivity contribution < 1.29 is 39.9 Å². The molecule has 8 nitrogen and oxygen atoms in total. The summed E-state index contributed by atoms with van der Waals surface area (Å²) >= 11 is 0. The van der Waals surface area contributed by atoms with Crippen molar-refractivity contribution in [3.63, 3.8) is 0 Å². The first-order valence-corrected chi connectivity index (χ1v) is 28.1. The number of unbranched alkanes of at least 4 members (excludes halogenated alkanes) is 33. The van der Waals surface area contributed by atoms with Crippen LogP contribution >= 0.6 is 0 Å². The number of aliphatic carboxylic acids is 3. The molecule has 0 saturated carbocycles. The molecule has 0 rings (SSSR count). The molecule has 0 aromatic heterocycles. The van der Waals surface area contributed by atoms with Crippen molar-refractivity contribution in [2.75, 3.05) is 6.61 Å². The summed E-state index contributed by atoms with van der Waals surface area (Å²) in [7, 11) is 0. The number of carboxylic acid groups (broad SMARTS) is 3. The van der Waals surface area contributed by atoms with Gasteiger partial charge in [0.1, 0.15) is 0 Å². The Morgan fingerprint density at radius 2 is 0.400 bits per heavy atom. The molecule has 392 valence electrons. The predicted octanol–water partition coefficient (Wildman–Crippen LogP) is 17.9. The summed E-state index contributed by atoms with van der Waals surface area (Å²) in [6.07, 6.45) is 51.4. The molecule has 0 fully saturated rings. The van der Waals surface area contributed by atoms with Gasteiger partial charge in [0.15, 0.2) is 0 Å². The molecule has 65 heavy (non-hydrogen) atoms. The second-order valence-corrected chi connectivity index (χ2v) is 20.7. The lowest BCUT2D eigenvalue weighted by molar-refractivity contribution is -0.138. The molecule has 0 aromatic rings. The first-order valence-electron chi connectivity index (χ1n) is 28.1. The van der Waals surface area contributed by atoms with Crippen LogP contribution in [0.1, 0.15) is 318 Å². The predicted molar refractivity (Wildman–Crippen MR) is 280 cm³/mol. The summed E-state index contributed by atoms with van der Waals surface area (Å²) < 4.78 is 0. The Balaban J connectivity index is -0.000000407. The highest BCUT2D eigenvalue weighted by Gasteiger charge is 2.01. The van der Waals surface area contributed by atoms with E-state index in [1.807, 2.05) is 0 Å². The van der Waals surface area contributed by atoms with Crippen LogP contribution in [0.15, 0.2) is 0 Å². The summed E-state index contributed by atoms with van der Waals surface area (Å²) in [6, 6.07) is 0. The molecule has 8 heteroatoms. The Morgan fingerprint density at radius 1 is 0.277 bits per heavy atom. The monoisotopic (exact) mass is 929 g/mol.